The molecule has 1 rings (SSSR count). The van der Waals surface area contributed by atoms with E-state index in [2.05, 4.69) is 0 Å². The van der Waals surface area contributed by atoms with Gasteiger partial charge in [-0.1, -0.05) is 12.1 Å². The fourth-order valence-corrected chi connectivity index (χ4v) is 0.871. The molecule has 0 atom stereocenters. The number of ether oxygens (including phenoxy) is 1. The van der Waals surface area contributed by atoms with E-state index in [0.29, 0.717) is 6.61 Å². The monoisotopic (exact) mass is 153 g/mol. The highest BCUT2D eigenvalue weighted by atomic mass is 18.2. The summed E-state index contributed by atoms with van der Waals surface area (Å²) in [5.41, 5.74) is 1.10. The summed E-state index contributed by atoms with van der Waals surface area (Å²) in [5.74, 6) is -0.189. The maximum atomic E-state index is 12.4. The lowest BCUT2D eigenvalue weighted by Crippen LogP contribution is -1.93. The highest BCUT2D eigenvalue weighted by molar-refractivity contribution is 5.15. The molecule has 0 saturated heterocycles. The van der Waals surface area contributed by atoms with Gasteiger partial charge in [-0.3, -0.25) is 0 Å². The standard InChI is InChI=1S/C9H11FO/c1-11-7-6-8-2-4-9(10)5-3-8/h2-5H,6-7H2,1H3/i10-1. The first-order valence-electron chi connectivity index (χ1n) is 3.56. The number of rotatable bonds is 3. The minimum absolute atomic E-state index is 0.189. The van der Waals surface area contributed by atoms with Gasteiger partial charge < -0.3 is 4.74 Å². The Labute approximate surface area is 65.8 Å². The van der Waals surface area contributed by atoms with Crippen LogP contribution in [0.2, 0.25) is 0 Å². The molecule has 0 fully saturated rings. The Morgan fingerprint density at radius 1 is 1.27 bits per heavy atom. The lowest BCUT2D eigenvalue weighted by atomic mass is 10.2. The van der Waals surface area contributed by atoms with Crippen molar-refractivity contribution in [3.63, 3.8) is 0 Å². The second kappa shape index (κ2) is 4.09. The fourth-order valence-electron chi connectivity index (χ4n) is 0.871. The summed E-state index contributed by atoms with van der Waals surface area (Å²) in [4.78, 5) is 0. The van der Waals surface area contributed by atoms with Crippen LogP contribution in [0.1, 0.15) is 5.56 Å². The van der Waals surface area contributed by atoms with Crippen LogP contribution >= 0.6 is 0 Å². The number of hydrogen-bond donors (Lipinski definition) is 0. The first-order chi connectivity index (χ1) is 5.33. The van der Waals surface area contributed by atoms with Crippen molar-refractivity contribution in [3.05, 3.63) is 35.6 Å². The molecule has 0 aliphatic carbocycles. The van der Waals surface area contributed by atoms with Crippen molar-refractivity contribution >= 4 is 0 Å². The second-order valence-corrected chi connectivity index (χ2v) is 2.37. The molecule has 1 aromatic carbocycles. The van der Waals surface area contributed by atoms with E-state index in [1.54, 1.807) is 19.2 Å². The zero-order chi connectivity index (χ0) is 8.10. The lowest BCUT2D eigenvalue weighted by Gasteiger charge is -1.98. The van der Waals surface area contributed by atoms with Gasteiger partial charge in [-0.15, -0.1) is 0 Å². The Hall–Kier alpha value is -0.890. The second-order valence-electron chi connectivity index (χ2n) is 2.37. The summed E-state index contributed by atoms with van der Waals surface area (Å²) in [7, 11) is 1.66. The zero-order valence-corrected chi connectivity index (χ0v) is 6.51. The van der Waals surface area contributed by atoms with E-state index >= 15 is 0 Å². The fraction of sp³-hybridized carbons (Fsp3) is 0.333. The van der Waals surface area contributed by atoms with E-state index in [0.717, 1.165) is 12.0 Å². The summed E-state index contributed by atoms with van der Waals surface area (Å²) in [6, 6.07) is 6.47. The molecule has 0 radical (unpaired) electrons. The van der Waals surface area contributed by atoms with E-state index in [9.17, 15) is 4.39 Å². The number of methoxy groups -OCH3 is 1. The van der Waals surface area contributed by atoms with Crippen molar-refractivity contribution in [1.29, 1.82) is 0 Å². The van der Waals surface area contributed by atoms with Crippen LogP contribution in [0.15, 0.2) is 24.3 Å². The van der Waals surface area contributed by atoms with E-state index in [1.165, 1.54) is 12.1 Å². The largest absolute Gasteiger partial charge is 0.384 e. The van der Waals surface area contributed by atoms with Crippen molar-refractivity contribution in [2.75, 3.05) is 13.7 Å². The third kappa shape index (κ3) is 2.68. The molecule has 0 aliphatic rings. The Morgan fingerprint density at radius 2 is 1.91 bits per heavy atom. The number of halogens is 1. The van der Waals surface area contributed by atoms with Gasteiger partial charge in [0.2, 0.25) is 0 Å². The first-order valence-corrected chi connectivity index (χ1v) is 3.56. The summed E-state index contributed by atoms with van der Waals surface area (Å²) in [6.07, 6.45) is 0.844. The molecule has 0 unspecified atom stereocenters. The van der Waals surface area contributed by atoms with Crippen molar-refractivity contribution < 1.29 is 9.13 Å². The predicted octanol–water partition coefficient (Wildman–Crippen LogP) is 2.01. The van der Waals surface area contributed by atoms with E-state index in [-0.39, 0.29) is 5.82 Å². The van der Waals surface area contributed by atoms with Gasteiger partial charge in [0, 0.05) is 7.11 Å². The van der Waals surface area contributed by atoms with Crippen LogP contribution in [-0.2, 0) is 11.2 Å². The van der Waals surface area contributed by atoms with E-state index in [4.69, 9.17) is 4.74 Å². The van der Waals surface area contributed by atoms with Gasteiger partial charge in [0.15, 0.2) is 0 Å². The molecule has 0 aromatic heterocycles. The molecule has 0 N–H and O–H groups in total. The summed E-state index contributed by atoms with van der Waals surface area (Å²) >= 11 is 0. The Morgan fingerprint density at radius 3 is 2.45 bits per heavy atom. The van der Waals surface area contributed by atoms with Crippen molar-refractivity contribution in [2.24, 2.45) is 0 Å². The third-order valence-electron chi connectivity index (χ3n) is 1.51. The van der Waals surface area contributed by atoms with Crippen LogP contribution < -0.4 is 0 Å². The topological polar surface area (TPSA) is 9.23 Å². The van der Waals surface area contributed by atoms with Gasteiger partial charge in [0.05, 0.1) is 6.61 Å². The normalized spacial score (nSPS) is 10.0. The number of hydrogen-bond acceptors (Lipinski definition) is 1. The molecule has 0 bridgehead atoms. The Balaban J connectivity index is 2.52. The average molecular weight is 153 g/mol. The van der Waals surface area contributed by atoms with Gasteiger partial charge in [0.25, 0.3) is 0 Å². The maximum Gasteiger partial charge on any atom is 0.123 e. The smallest absolute Gasteiger partial charge is 0.123 e. The average Bonchev–Trinajstić information content (AvgIpc) is 2.04. The van der Waals surface area contributed by atoms with E-state index < -0.39 is 0 Å². The van der Waals surface area contributed by atoms with Crippen LogP contribution in [0, 0.1) is 5.82 Å². The first kappa shape index (κ1) is 8.21. The van der Waals surface area contributed by atoms with Crippen LogP contribution in [0.5, 0.6) is 0 Å². The highest BCUT2D eigenvalue weighted by Gasteiger charge is 1.92. The molecule has 1 nitrogen and oxygen atoms in total. The molecule has 60 valence electrons. The predicted molar refractivity (Wildman–Crippen MR) is 42.0 cm³/mol. The lowest BCUT2D eigenvalue weighted by molar-refractivity contribution is 0.202. The quantitative estimate of drug-likeness (QED) is 0.645. The minimum Gasteiger partial charge on any atom is -0.384 e. The molecular formula is C9H11FO. The minimum atomic E-state index is -0.189. The summed E-state index contributed by atoms with van der Waals surface area (Å²) in [5, 5.41) is 0. The number of benzene rings is 1. The molecule has 0 aliphatic heterocycles. The zero-order valence-electron chi connectivity index (χ0n) is 6.51. The van der Waals surface area contributed by atoms with Crippen LogP contribution in [0.4, 0.5) is 4.39 Å². The van der Waals surface area contributed by atoms with Crippen LogP contribution in [0.25, 0.3) is 0 Å². The Kier molecular flexibility index (Phi) is 3.05. The van der Waals surface area contributed by atoms with Gasteiger partial charge in [0.1, 0.15) is 5.82 Å². The third-order valence-corrected chi connectivity index (χ3v) is 1.51. The summed E-state index contributed by atoms with van der Waals surface area (Å²) < 4.78 is 17.3. The van der Waals surface area contributed by atoms with Crippen molar-refractivity contribution in [2.45, 2.75) is 6.42 Å². The molecule has 0 amide bonds. The maximum absolute atomic E-state index is 12.4. The summed E-state index contributed by atoms with van der Waals surface area (Å²) in [6.45, 7) is 0.686. The molecule has 11 heavy (non-hydrogen) atoms. The van der Waals surface area contributed by atoms with Crippen molar-refractivity contribution in [1.82, 2.24) is 0 Å². The van der Waals surface area contributed by atoms with E-state index in [1.807, 2.05) is 0 Å². The molecular weight excluding hydrogens is 142 g/mol. The van der Waals surface area contributed by atoms with Gasteiger partial charge in [-0.05, 0) is 24.1 Å². The van der Waals surface area contributed by atoms with Crippen molar-refractivity contribution in [3.8, 4) is 0 Å². The molecule has 0 heterocycles. The molecule has 1 aromatic rings. The SMILES string of the molecule is COCCc1ccc([18F])cc1. The van der Waals surface area contributed by atoms with Crippen LogP contribution in [0.3, 0.4) is 0 Å². The molecule has 2 heteroatoms. The van der Waals surface area contributed by atoms with Crippen LogP contribution in [-0.4, -0.2) is 13.7 Å². The van der Waals surface area contributed by atoms with Gasteiger partial charge in [-0.2, -0.15) is 0 Å². The molecule has 0 saturated carbocycles. The Bertz CT molecular complexity index is 205. The highest BCUT2D eigenvalue weighted by Crippen LogP contribution is 2.02. The van der Waals surface area contributed by atoms with Gasteiger partial charge in [-0.25, -0.2) is 4.39 Å². The van der Waals surface area contributed by atoms with Gasteiger partial charge >= 0.3 is 0 Å². The molecule has 0 spiro atoms.